The van der Waals surface area contributed by atoms with Gasteiger partial charge in [-0.1, -0.05) is 11.6 Å². The molecule has 12 heavy (non-hydrogen) atoms. The Morgan fingerprint density at radius 1 is 1.58 bits per heavy atom. The minimum Gasteiger partial charge on any atom is -0.476 e. The first-order valence-electron chi connectivity index (χ1n) is 2.77. The number of rotatable bonds is 1. The van der Waals surface area contributed by atoms with Gasteiger partial charge in [0.2, 0.25) is 0 Å². The van der Waals surface area contributed by atoms with Crippen molar-refractivity contribution in [3.05, 3.63) is 25.9 Å². The Hall–Kier alpha value is -0.130. The quantitative estimate of drug-likeness (QED) is 0.867. The summed E-state index contributed by atoms with van der Waals surface area (Å²) in [5, 5.41) is 8.92. The van der Waals surface area contributed by atoms with Crippen molar-refractivity contribution in [2.24, 2.45) is 0 Å². The number of hydrogen-bond donors (Lipinski definition) is 1. The predicted molar refractivity (Wildman–Crippen MR) is 51.6 cm³/mol. The first-order chi connectivity index (χ1) is 5.54. The van der Waals surface area contributed by atoms with Crippen LogP contribution in [-0.4, -0.2) is 16.1 Å². The minimum absolute atomic E-state index is 0.0943. The third-order valence-electron chi connectivity index (χ3n) is 1.12. The van der Waals surface area contributed by atoms with E-state index in [1.165, 1.54) is 6.20 Å². The molecular formula is C6H2Br2ClNO2. The van der Waals surface area contributed by atoms with Gasteiger partial charge in [-0.2, -0.15) is 0 Å². The van der Waals surface area contributed by atoms with Crippen molar-refractivity contribution in [1.29, 1.82) is 0 Å². The summed E-state index contributed by atoms with van der Waals surface area (Å²) in [7, 11) is 0. The van der Waals surface area contributed by atoms with Gasteiger partial charge >= 0.3 is 5.97 Å². The van der Waals surface area contributed by atoms with E-state index in [2.05, 4.69) is 36.8 Å². The van der Waals surface area contributed by atoms with Gasteiger partial charge in [0, 0.05) is 6.20 Å². The van der Waals surface area contributed by atoms with Crippen molar-refractivity contribution in [3.8, 4) is 0 Å². The van der Waals surface area contributed by atoms with E-state index in [1.54, 1.807) is 0 Å². The largest absolute Gasteiger partial charge is 0.476 e. The van der Waals surface area contributed by atoms with Gasteiger partial charge < -0.3 is 5.11 Å². The predicted octanol–water partition coefficient (Wildman–Crippen LogP) is 2.96. The Bertz CT molecular complexity index is 343. The van der Waals surface area contributed by atoms with Crippen LogP contribution in [0.25, 0.3) is 0 Å². The summed E-state index contributed by atoms with van der Waals surface area (Å²) in [6, 6.07) is 0. The van der Waals surface area contributed by atoms with Crippen molar-refractivity contribution in [2.45, 2.75) is 0 Å². The number of nitrogens with zero attached hydrogens (tertiary/aromatic N) is 1. The molecular weight excluding hydrogens is 313 g/mol. The first-order valence-corrected chi connectivity index (χ1v) is 4.73. The lowest BCUT2D eigenvalue weighted by Crippen LogP contribution is -2.01. The fraction of sp³-hybridized carbons (Fsp3) is 0. The summed E-state index contributed by atoms with van der Waals surface area (Å²) in [4.78, 5) is 14.2. The van der Waals surface area contributed by atoms with E-state index >= 15 is 0 Å². The van der Waals surface area contributed by atoms with Crippen molar-refractivity contribution < 1.29 is 9.90 Å². The summed E-state index contributed by atoms with van der Waals surface area (Å²) in [5.41, 5.74) is -0.0943. The summed E-state index contributed by atoms with van der Waals surface area (Å²) in [6.07, 6.45) is 1.34. The molecule has 0 unspecified atom stereocenters. The normalized spacial score (nSPS) is 9.92. The monoisotopic (exact) mass is 313 g/mol. The van der Waals surface area contributed by atoms with E-state index in [0.717, 1.165) is 0 Å². The zero-order chi connectivity index (χ0) is 9.30. The SMILES string of the molecule is O=C(O)c1ncc(Br)c(Cl)c1Br. The lowest BCUT2D eigenvalue weighted by Gasteiger charge is -2.01. The zero-order valence-corrected chi connectivity index (χ0v) is 9.44. The molecule has 0 bridgehead atoms. The molecule has 6 heteroatoms. The molecule has 1 heterocycles. The summed E-state index contributed by atoms with van der Waals surface area (Å²) < 4.78 is 0.840. The molecule has 64 valence electrons. The molecule has 0 fully saturated rings. The Morgan fingerprint density at radius 2 is 2.17 bits per heavy atom. The highest BCUT2D eigenvalue weighted by atomic mass is 79.9. The van der Waals surface area contributed by atoms with Crippen LogP contribution in [0.2, 0.25) is 5.02 Å². The Morgan fingerprint density at radius 3 is 2.67 bits per heavy atom. The van der Waals surface area contributed by atoms with Crippen LogP contribution < -0.4 is 0 Å². The number of pyridine rings is 1. The third-order valence-corrected chi connectivity index (χ3v) is 3.34. The fourth-order valence-corrected chi connectivity index (χ4v) is 1.78. The molecule has 0 spiro atoms. The van der Waals surface area contributed by atoms with Gasteiger partial charge in [0.25, 0.3) is 0 Å². The van der Waals surface area contributed by atoms with Crippen molar-refractivity contribution in [2.75, 3.05) is 0 Å². The zero-order valence-electron chi connectivity index (χ0n) is 5.51. The van der Waals surface area contributed by atoms with Gasteiger partial charge in [-0.3, -0.25) is 0 Å². The maximum atomic E-state index is 10.5. The Labute approximate surface area is 90.0 Å². The number of carboxylic acid groups (broad SMARTS) is 1. The third kappa shape index (κ3) is 1.78. The van der Waals surface area contributed by atoms with Crippen LogP contribution in [0.15, 0.2) is 15.1 Å². The van der Waals surface area contributed by atoms with Crippen LogP contribution in [-0.2, 0) is 0 Å². The van der Waals surface area contributed by atoms with E-state index in [1.807, 2.05) is 0 Å². The summed E-state index contributed by atoms with van der Waals surface area (Å²) in [5.74, 6) is -1.11. The second kappa shape index (κ2) is 3.72. The van der Waals surface area contributed by atoms with Gasteiger partial charge in [0.05, 0.1) is 14.0 Å². The molecule has 0 radical (unpaired) electrons. The molecule has 0 aliphatic rings. The Balaban J connectivity index is 3.36. The lowest BCUT2D eigenvalue weighted by atomic mass is 10.3. The topological polar surface area (TPSA) is 50.2 Å². The van der Waals surface area contributed by atoms with Gasteiger partial charge in [-0.15, -0.1) is 0 Å². The molecule has 0 amide bonds. The summed E-state index contributed by atoms with van der Waals surface area (Å²) in [6.45, 7) is 0. The van der Waals surface area contributed by atoms with E-state index in [-0.39, 0.29) is 10.2 Å². The number of carbonyl (C=O) groups is 1. The van der Waals surface area contributed by atoms with Crippen LogP contribution in [0.3, 0.4) is 0 Å². The molecule has 1 aromatic rings. The highest BCUT2D eigenvalue weighted by Crippen LogP contribution is 2.31. The van der Waals surface area contributed by atoms with Crippen LogP contribution >= 0.6 is 43.5 Å². The molecule has 0 saturated carbocycles. The second-order valence-corrected chi connectivity index (χ2v) is 3.91. The van der Waals surface area contributed by atoms with E-state index in [0.29, 0.717) is 9.50 Å². The number of aromatic nitrogens is 1. The van der Waals surface area contributed by atoms with E-state index in [9.17, 15) is 4.79 Å². The van der Waals surface area contributed by atoms with Gasteiger partial charge in [-0.25, -0.2) is 9.78 Å². The molecule has 1 N–H and O–H groups in total. The molecule has 0 saturated heterocycles. The van der Waals surface area contributed by atoms with Crippen molar-refractivity contribution >= 4 is 49.4 Å². The highest BCUT2D eigenvalue weighted by Gasteiger charge is 2.14. The van der Waals surface area contributed by atoms with E-state index < -0.39 is 5.97 Å². The molecule has 0 aliphatic carbocycles. The Kier molecular flexibility index (Phi) is 3.09. The van der Waals surface area contributed by atoms with E-state index in [4.69, 9.17) is 16.7 Å². The first kappa shape index (κ1) is 9.95. The maximum absolute atomic E-state index is 10.5. The molecule has 1 rings (SSSR count). The van der Waals surface area contributed by atoms with Gasteiger partial charge in [0.15, 0.2) is 5.69 Å². The molecule has 0 aliphatic heterocycles. The maximum Gasteiger partial charge on any atom is 0.355 e. The van der Waals surface area contributed by atoms with Crippen LogP contribution in [0.5, 0.6) is 0 Å². The molecule has 0 atom stereocenters. The number of carboxylic acids is 1. The van der Waals surface area contributed by atoms with Crippen LogP contribution in [0, 0.1) is 0 Å². The standard InChI is InChI=1S/C6H2Br2ClNO2/c7-2-1-10-5(6(11)12)3(8)4(2)9/h1H,(H,11,12). The average Bonchev–Trinajstić information content (AvgIpc) is 2.00. The summed E-state index contributed by atoms with van der Waals surface area (Å²) >= 11 is 11.9. The number of hydrogen-bond acceptors (Lipinski definition) is 2. The van der Waals surface area contributed by atoms with Crippen LogP contribution in [0.1, 0.15) is 10.5 Å². The van der Waals surface area contributed by atoms with Gasteiger partial charge in [0.1, 0.15) is 0 Å². The smallest absolute Gasteiger partial charge is 0.355 e. The molecule has 0 aromatic carbocycles. The second-order valence-electron chi connectivity index (χ2n) is 1.89. The van der Waals surface area contributed by atoms with Crippen molar-refractivity contribution in [3.63, 3.8) is 0 Å². The highest BCUT2D eigenvalue weighted by molar-refractivity contribution is 9.11. The fourth-order valence-electron chi connectivity index (χ4n) is 0.592. The van der Waals surface area contributed by atoms with Gasteiger partial charge in [-0.05, 0) is 31.9 Å². The van der Waals surface area contributed by atoms with Crippen molar-refractivity contribution in [1.82, 2.24) is 4.98 Å². The molecule has 1 aromatic heterocycles. The minimum atomic E-state index is -1.11. The average molecular weight is 315 g/mol. The van der Waals surface area contributed by atoms with Crippen LogP contribution in [0.4, 0.5) is 0 Å². The molecule has 3 nitrogen and oxygen atoms in total. The number of aromatic carboxylic acids is 1. The lowest BCUT2D eigenvalue weighted by molar-refractivity contribution is 0.0689. The number of halogens is 3.